The van der Waals surface area contributed by atoms with Gasteiger partial charge < -0.3 is 16.4 Å². The predicted molar refractivity (Wildman–Crippen MR) is 97.5 cm³/mol. The molecule has 1 aromatic rings. The SMILES string of the molecule is N=C1C(C(N)=O)=CC=C/C1=C/Nc1ccc(C2CNCC(F)(F)C2)cc1. The van der Waals surface area contributed by atoms with E-state index < -0.39 is 11.8 Å². The maximum absolute atomic E-state index is 13.5. The fourth-order valence-corrected chi connectivity index (χ4v) is 3.08. The van der Waals surface area contributed by atoms with E-state index in [1.807, 2.05) is 12.1 Å². The van der Waals surface area contributed by atoms with Crippen molar-refractivity contribution in [1.29, 1.82) is 5.41 Å². The summed E-state index contributed by atoms with van der Waals surface area (Å²) >= 11 is 0. The first kappa shape index (κ1) is 18.0. The highest BCUT2D eigenvalue weighted by Crippen LogP contribution is 2.33. The van der Waals surface area contributed by atoms with E-state index in [1.54, 1.807) is 30.5 Å². The van der Waals surface area contributed by atoms with Gasteiger partial charge in [-0.25, -0.2) is 8.78 Å². The zero-order valence-corrected chi connectivity index (χ0v) is 14.1. The number of nitrogens with one attached hydrogen (secondary N) is 3. The van der Waals surface area contributed by atoms with E-state index in [0.717, 1.165) is 11.3 Å². The number of anilines is 1. The van der Waals surface area contributed by atoms with Crippen LogP contribution >= 0.6 is 0 Å². The molecule has 0 bridgehead atoms. The van der Waals surface area contributed by atoms with Crippen LogP contribution in [0, 0.1) is 5.41 Å². The van der Waals surface area contributed by atoms with Gasteiger partial charge in [-0.1, -0.05) is 24.3 Å². The minimum Gasteiger partial charge on any atom is -0.366 e. The molecule has 5 nitrogen and oxygen atoms in total. The van der Waals surface area contributed by atoms with Gasteiger partial charge in [0.25, 0.3) is 11.8 Å². The van der Waals surface area contributed by atoms with Crippen molar-refractivity contribution in [2.24, 2.45) is 5.73 Å². The van der Waals surface area contributed by atoms with E-state index >= 15 is 0 Å². The minimum absolute atomic E-state index is 0.0552. The number of halogens is 2. The van der Waals surface area contributed by atoms with E-state index in [4.69, 9.17) is 11.1 Å². The number of hydrogen-bond donors (Lipinski definition) is 4. The molecule has 0 spiro atoms. The Morgan fingerprint density at radius 2 is 2.08 bits per heavy atom. The number of allylic oxidation sites excluding steroid dienone is 4. The van der Waals surface area contributed by atoms with E-state index in [9.17, 15) is 13.6 Å². The fraction of sp³-hybridized carbons (Fsp3) is 0.263. The molecule has 1 aromatic carbocycles. The molecule has 1 amide bonds. The Balaban J connectivity index is 1.67. The van der Waals surface area contributed by atoms with Crippen molar-refractivity contribution < 1.29 is 13.6 Å². The predicted octanol–water partition coefficient (Wildman–Crippen LogP) is 2.70. The Labute approximate surface area is 150 Å². The second kappa shape index (κ2) is 7.21. The zero-order chi connectivity index (χ0) is 18.7. The second-order valence-corrected chi connectivity index (χ2v) is 6.43. The van der Waals surface area contributed by atoms with Crippen LogP contribution in [0.4, 0.5) is 14.5 Å². The van der Waals surface area contributed by atoms with Crippen LogP contribution in [0.5, 0.6) is 0 Å². The Hall–Kier alpha value is -2.80. The largest absolute Gasteiger partial charge is 0.366 e. The lowest BCUT2D eigenvalue weighted by atomic mass is 9.90. The van der Waals surface area contributed by atoms with E-state index in [1.165, 1.54) is 6.08 Å². The molecule has 0 saturated carbocycles. The highest BCUT2D eigenvalue weighted by atomic mass is 19.3. The minimum atomic E-state index is -2.68. The van der Waals surface area contributed by atoms with Crippen LogP contribution < -0.4 is 16.4 Å². The van der Waals surface area contributed by atoms with E-state index in [2.05, 4.69) is 10.6 Å². The van der Waals surface area contributed by atoms with Gasteiger partial charge in [-0.05, 0) is 23.8 Å². The van der Waals surface area contributed by atoms with Gasteiger partial charge in [0.1, 0.15) is 0 Å². The Morgan fingerprint density at radius 1 is 1.35 bits per heavy atom. The summed E-state index contributed by atoms with van der Waals surface area (Å²) in [6.45, 7) is 0.272. The number of carbonyl (C=O) groups excluding carboxylic acids is 1. The van der Waals surface area contributed by atoms with Crippen LogP contribution in [0.1, 0.15) is 17.9 Å². The smallest absolute Gasteiger partial charge is 0.260 e. The maximum Gasteiger partial charge on any atom is 0.260 e. The van der Waals surface area contributed by atoms with Gasteiger partial charge in [0.2, 0.25) is 0 Å². The summed E-state index contributed by atoms with van der Waals surface area (Å²) in [5, 5.41) is 13.8. The standard InChI is InChI=1S/C19H20F2N4O/c20-19(21)8-14(9-24-11-19)12-4-6-15(7-5-12)25-10-13-2-1-3-16(17(13)22)18(23)26/h1-7,10,14,22,24-25H,8-9,11H2,(H2,23,26)/b13-10-,22-17?. The van der Waals surface area contributed by atoms with E-state index in [-0.39, 0.29) is 30.2 Å². The molecule has 1 fully saturated rings. The Kier molecular flexibility index (Phi) is 4.99. The highest BCUT2D eigenvalue weighted by molar-refractivity contribution is 6.28. The number of nitrogens with two attached hydrogens (primary N) is 1. The van der Waals surface area contributed by atoms with Crippen molar-refractivity contribution in [3.05, 3.63) is 65.4 Å². The van der Waals surface area contributed by atoms with Crippen LogP contribution in [-0.4, -0.2) is 30.6 Å². The quantitative estimate of drug-likeness (QED) is 0.667. The van der Waals surface area contributed by atoms with Crippen LogP contribution in [0.15, 0.2) is 59.8 Å². The Morgan fingerprint density at radius 3 is 2.73 bits per heavy atom. The van der Waals surface area contributed by atoms with Gasteiger partial charge in [-0.3, -0.25) is 10.2 Å². The zero-order valence-electron chi connectivity index (χ0n) is 14.1. The average Bonchev–Trinajstić information content (AvgIpc) is 2.60. The first-order chi connectivity index (χ1) is 12.4. The van der Waals surface area contributed by atoms with Crippen LogP contribution in [-0.2, 0) is 4.79 Å². The normalized spacial score (nSPS) is 23.6. The molecular formula is C19H20F2N4O. The van der Waals surface area contributed by atoms with Crippen LogP contribution in [0.2, 0.25) is 0 Å². The number of rotatable bonds is 4. The lowest BCUT2D eigenvalue weighted by molar-refractivity contribution is -0.114. The van der Waals surface area contributed by atoms with Gasteiger partial charge in [0.15, 0.2) is 0 Å². The van der Waals surface area contributed by atoms with Gasteiger partial charge in [-0.2, -0.15) is 0 Å². The van der Waals surface area contributed by atoms with Crippen molar-refractivity contribution in [2.75, 3.05) is 18.4 Å². The van der Waals surface area contributed by atoms with Crippen molar-refractivity contribution in [3.8, 4) is 0 Å². The summed E-state index contributed by atoms with van der Waals surface area (Å²) in [5.41, 5.74) is 7.60. The monoisotopic (exact) mass is 358 g/mol. The number of piperidine rings is 1. The number of amides is 1. The van der Waals surface area contributed by atoms with Gasteiger partial charge in [0, 0.05) is 36.3 Å². The third-order valence-electron chi connectivity index (χ3n) is 4.46. The summed E-state index contributed by atoms with van der Waals surface area (Å²) in [6.07, 6.45) is 6.32. The summed E-state index contributed by atoms with van der Waals surface area (Å²) in [6, 6.07) is 7.26. The van der Waals surface area contributed by atoms with Gasteiger partial charge in [0.05, 0.1) is 17.8 Å². The number of hydrogen-bond acceptors (Lipinski definition) is 4. The molecule has 1 heterocycles. The van der Waals surface area contributed by atoms with Gasteiger partial charge >= 0.3 is 0 Å². The van der Waals surface area contributed by atoms with Crippen molar-refractivity contribution in [2.45, 2.75) is 18.3 Å². The average molecular weight is 358 g/mol. The molecule has 136 valence electrons. The molecular weight excluding hydrogens is 338 g/mol. The number of benzene rings is 1. The van der Waals surface area contributed by atoms with Crippen LogP contribution in [0.25, 0.3) is 0 Å². The van der Waals surface area contributed by atoms with E-state index in [0.29, 0.717) is 12.1 Å². The molecule has 1 atom stereocenters. The summed E-state index contributed by atoms with van der Waals surface area (Å²) < 4.78 is 27.0. The van der Waals surface area contributed by atoms with Crippen molar-refractivity contribution in [3.63, 3.8) is 0 Å². The maximum atomic E-state index is 13.5. The third-order valence-corrected chi connectivity index (χ3v) is 4.46. The first-order valence-corrected chi connectivity index (χ1v) is 8.28. The first-order valence-electron chi connectivity index (χ1n) is 8.28. The second-order valence-electron chi connectivity index (χ2n) is 6.43. The molecule has 1 unspecified atom stereocenters. The molecule has 1 saturated heterocycles. The highest BCUT2D eigenvalue weighted by Gasteiger charge is 2.36. The number of primary amides is 1. The lowest BCUT2D eigenvalue weighted by Crippen LogP contribution is -2.42. The summed E-state index contributed by atoms with van der Waals surface area (Å²) in [7, 11) is 0. The molecule has 5 N–H and O–H groups in total. The number of alkyl halides is 2. The molecule has 0 aromatic heterocycles. The van der Waals surface area contributed by atoms with Crippen molar-refractivity contribution in [1.82, 2.24) is 5.32 Å². The summed E-state index contributed by atoms with van der Waals surface area (Å²) in [5.74, 6) is -3.54. The molecule has 26 heavy (non-hydrogen) atoms. The topological polar surface area (TPSA) is 91.0 Å². The summed E-state index contributed by atoms with van der Waals surface area (Å²) in [4.78, 5) is 11.3. The molecule has 3 rings (SSSR count). The molecule has 2 aliphatic rings. The van der Waals surface area contributed by atoms with Crippen molar-refractivity contribution >= 4 is 17.3 Å². The van der Waals surface area contributed by atoms with Gasteiger partial charge in [-0.15, -0.1) is 0 Å². The molecule has 1 aliphatic carbocycles. The molecule has 1 aliphatic heterocycles. The third kappa shape index (κ3) is 4.05. The van der Waals surface area contributed by atoms with Crippen LogP contribution in [0.3, 0.4) is 0 Å². The number of carbonyl (C=O) groups is 1. The molecule has 7 heteroatoms. The molecule has 0 radical (unpaired) electrons. The fourth-order valence-electron chi connectivity index (χ4n) is 3.08. The Bertz CT molecular complexity index is 809. The lowest BCUT2D eigenvalue weighted by Gasteiger charge is -2.30.